The fourth-order valence-electron chi connectivity index (χ4n) is 3.72. The highest BCUT2D eigenvalue weighted by molar-refractivity contribution is 8.05. The summed E-state index contributed by atoms with van der Waals surface area (Å²) in [5.74, 6) is 0. The van der Waals surface area contributed by atoms with E-state index in [-0.39, 0.29) is 0 Å². The van der Waals surface area contributed by atoms with Gasteiger partial charge in [0, 0.05) is 27.1 Å². The molecule has 1 saturated heterocycles. The first-order valence-electron chi connectivity index (χ1n) is 8.51. The minimum absolute atomic E-state index is 0.333. The molecule has 1 N–H and O–H groups in total. The van der Waals surface area contributed by atoms with Crippen LogP contribution in [0, 0.1) is 6.92 Å². The van der Waals surface area contributed by atoms with Gasteiger partial charge >= 0.3 is 0 Å². The summed E-state index contributed by atoms with van der Waals surface area (Å²) in [5.41, 5.74) is 3.96. The number of piperidine rings is 1. The predicted octanol–water partition coefficient (Wildman–Crippen LogP) is 5.78. The van der Waals surface area contributed by atoms with E-state index in [1.54, 1.807) is 11.8 Å². The molecule has 3 rings (SSSR count). The number of para-hydroxylation sites is 1. The summed E-state index contributed by atoms with van der Waals surface area (Å²) < 4.78 is 0. The number of nitrogens with zero attached hydrogens (tertiary/aromatic N) is 1. The number of nitrogens with one attached hydrogen (secondary N) is 1. The van der Waals surface area contributed by atoms with Crippen molar-refractivity contribution in [1.29, 1.82) is 0 Å². The zero-order valence-corrected chi connectivity index (χ0v) is 15.0. The van der Waals surface area contributed by atoms with Gasteiger partial charge in [0.05, 0.1) is 6.04 Å². The summed E-state index contributed by atoms with van der Waals surface area (Å²) in [5, 5.41) is 3.31. The smallest absolute Gasteiger partial charge is 0.0685 e. The average Bonchev–Trinajstić information content (AvgIpc) is 2.91. The van der Waals surface area contributed by atoms with E-state index in [1.165, 1.54) is 59.4 Å². The van der Waals surface area contributed by atoms with Crippen LogP contribution in [0.3, 0.4) is 0 Å². The molecule has 0 saturated carbocycles. The monoisotopic (exact) mass is 326 g/mol. The highest BCUT2D eigenvalue weighted by Gasteiger charge is 2.29. The van der Waals surface area contributed by atoms with Crippen molar-refractivity contribution in [3.8, 4) is 0 Å². The lowest BCUT2D eigenvalue weighted by Crippen LogP contribution is -2.34. The van der Waals surface area contributed by atoms with Crippen molar-refractivity contribution in [1.82, 2.24) is 9.88 Å². The molecule has 122 valence electrons. The third-order valence-electron chi connectivity index (χ3n) is 4.75. The topological polar surface area (TPSA) is 19.0 Å². The molecule has 1 unspecified atom stereocenters. The Morgan fingerprint density at radius 1 is 1.26 bits per heavy atom. The minimum Gasteiger partial charge on any atom is -0.358 e. The SMILES string of the molecule is C=CS/C(=C\C)C(c1c(C)[nH]c2ccccc12)N1CCCCC1. The van der Waals surface area contributed by atoms with Crippen LogP contribution < -0.4 is 0 Å². The molecule has 0 bridgehead atoms. The van der Waals surface area contributed by atoms with E-state index >= 15 is 0 Å². The summed E-state index contributed by atoms with van der Waals surface area (Å²) in [6.07, 6.45) is 6.21. The molecule has 3 heteroatoms. The molecule has 1 atom stereocenters. The molecule has 1 aromatic heterocycles. The molecule has 2 nitrogen and oxygen atoms in total. The maximum absolute atomic E-state index is 3.94. The third kappa shape index (κ3) is 3.26. The maximum Gasteiger partial charge on any atom is 0.0685 e. The highest BCUT2D eigenvalue weighted by Crippen LogP contribution is 2.41. The van der Waals surface area contributed by atoms with Gasteiger partial charge in [-0.25, -0.2) is 0 Å². The third-order valence-corrected chi connectivity index (χ3v) is 5.64. The normalized spacial score (nSPS) is 18.3. The molecule has 0 radical (unpaired) electrons. The fourth-order valence-corrected chi connectivity index (χ4v) is 4.44. The van der Waals surface area contributed by atoms with Crippen molar-refractivity contribution >= 4 is 22.7 Å². The molecule has 1 aliphatic heterocycles. The minimum atomic E-state index is 0.333. The van der Waals surface area contributed by atoms with Crippen LogP contribution in [0.2, 0.25) is 0 Å². The Hall–Kier alpha value is -1.45. The number of likely N-dealkylation sites (tertiary alicyclic amines) is 1. The van der Waals surface area contributed by atoms with Gasteiger partial charge in [0.1, 0.15) is 0 Å². The Morgan fingerprint density at radius 3 is 2.70 bits per heavy atom. The van der Waals surface area contributed by atoms with E-state index in [0.29, 0.717) is 6.04 Å². The first-order chi connectivity index (χ1) is 11.3. The molecule has 2 aromatic rings. The van der Waals surface area contributed by atoms with Gasteiger partial charge in [-0.3, -0.25) is 4.90 Å². The number of hydrogen-bond donors (Lipinski definition) is 1. The number of allylic oxidation sites excluding steroid dienone is 1. The lowest BCUT2D eigenvalue weighted by molar-refractivity contribution is 0.190. The average molecular weight is 327 g/mol. The lowest BCUT2D eigenvalue weighted by atomic mass is 9.98. The zero-order chi connectivity index (χ0) is 16.2. The quantitative estimate of drug-likeness (QED) is 0.750. The number of thioether (sulfide) groups is 1. The van der Waals surface area contributed by atoms with Gasteiger partial charge in [0.15, 0.2) is 0 Å². The van der Waals surface area contributed by atoms with Gasteiger partial charge in [0.2, 0.25) is 0 Å². The van der Waals surface area contributed by atoms with Crippen molar-refractivity contribution in [3.05, 3.63) is 58.5 Å². The van der Waals surface area contributed by atoms with E-state index in [2.05, 4.69) is 60.7 Å². The van der Waals surface area contributed by atoms with E-state index in [9.17, 15) is 0 Å². The fraction of sp³-hybridized carbons (Fsp3) is 0.400. The van der Waals surface area contributed by atoms with Gasteiger partial charge < -0.3 is 4.98 Å². The molecule has 23 heavy (non-hydrogen) atoms. The second kappa shape index (κ2) is 7.41. The number of H-pyrrole nitrogens is 1. The summed E-state index contributed by atoms with van der Waals surface area (Å²) in [6, 6.07) is 9.00. The van der Waals surface area contributed by atoms with Crippen LogP contribution >= 0.6 is 11.8 Å². The molecule has 0 amide bonds. The van der Waals surface area contributed by atoms with Crippen LogP contribution in [-0.4, -0.2) is 23.0 Å². The molecule has 2 heterocycles. The Balaban J connectivity index is 2.12. The van der Waals surface area contributed by atoms with Gasteiger partial charge in [-0.1, -0.05) is 37.3 Å². The van der Waals surface area contributed by atoms with E-state index in [4.69, 9.17) is 0 Å². The van der Waals surface area contributed by atoms with Crippen LogP contribution in [0.25, 0.3) is 10.9 Å². The van der Waals surface area contributed by atoms with Crippen LogP contribution in [0.5, 0.6) is 0 Å². The zero-order valence-electron chi connectivity index (χ0n) is 14.1. The van der Waals surface area contributed by atoms with Gasteiger partial charge in [-0.05, 0) is 51.3 Å². The summed E-state index contributed by atoms with van der Waals surface area (Å²) in [6.45, 7) is 10.6. The molecule has 0 spiro atoms. The standard InChI is InChI=1S/C20H26N2S/c1-4-18(23-5-2)20(22-13-9-6-10-14-22)19-15(3)21-17-12-8-7-11-16(17)19/h4-5,7-8,11-12,20-21H,2,6,9-10,13-14H2,1,3H3/b18-4-. The van der Waals surface area contributed by atoms with Crippen molar-refractivity contribution in [3.63, 3.8) is 0 Å². The number of aromatic nitrogens is 1. The summed E-state index contributed by atoms with van der Waals surface area (Å²) in [4.78, 5) is 7.61. The second-order valence-electron chi connectivity index (χ2n) is 6.18. The number of rotatable bonds is 5. The molecule has 1 aliphatic rings. The molecular formula is C20H26N2S. The van der Waals surface area contributed by atoms with Crippen molar-refractivity contribution in [2.45, 2.75) is 39.2 Å². The lowest BCUT2D eigenvalue weighted by Gasteiger charge is -2.36. The number of aryl methyl sites for hydroxylation is 1. The second-order valence-corrected chi connectivity index (χ2v) is 7.22. The van der Waals surface area contributed by atoms with E-state index in [0.717, 1.165) is 0 Å². The van der Waals surface area contributed by atoms with Crippen LogP contribution in [0.15, 0.2) is 47.2 Å². The first kappa shape index (κ1) is 16.4. The number of fused-ring (bicyclic) bond motifs is 1. The Labute approximate surface area is 143 Å². The number of aromatic amines is 1. The van der Waals surface area contributed by atoms with Crippen LogP contribution in [0.4, 0.5) is 0 Å². The Bertz CT molecular complexity index is 708. The van der Waals surface area contributed by atoms with Gasteiger partial charge in [-0.2, -0.15) is 0 Å². The Kier molecular flexibility index (Phi) is 5.29. The van der Waals surface area contributed by atoms with Crippen molar-refractivity contribution in [2.75, 3.05) is 13.1 Å². The van der Waals surface area contributed by atoms with Gasteiger partial charge in [-0.15, -0.1) is 11.8 Å². The summed E-state index contributed by atoms with van der Waals surface area (Å²) in [7, 11) is 0. The van der Waals surface area contributed by atoms with Crippen molar-refractivity contribution < 1.29 is 0 Å². The Morgan fingerprint density at radius 2 is 2.00 bits per heavy atom. The van der Waals surface area contributed by atoms with Crippen LogP contribution in [0.1, 0.15) is 43.5 Å². The molecular weight excluding hydrogens is 300 g/mol. The van der Waals surface area contributed by atoms with Gasteiger partial charge in [0.25, 0.3) is 0 Å². The molecule has 1 fully saturated rings. The van der Waals surface area contributed by atoms with E-state index in [1.807, 2.05) is 5.41 Å². The maximum atomic E-state index is 3.94. The predicted molar refractivity (Wildman–Crippen MR) is 103 cm³/mol. The molecule has 0 aliphatic carbocycles. The van der Waals surface area contributed by atoms with E-state index < -0.39 is 0 Å². The highest BCUT2D eigenvalue weighted by atomic mass is 32.2. The number of hydrogen-bond acceptors (Lipinski definition) is 2. The molecule has 1 aromatic carbocycles. The first-order valence-corrected chi connectivity index (χ1v) is 9.39. The summed E-state index contributed by atoms with van der Waals surface area (Å²) >= 11 is 1.76. The largest absolute Gasteiger partial charge is 0.358 e. The van der Waals surface area contributed by atoms with Crippen molar-refractivity contribution in [2.24, 2.45) is 0 Å². The van der Waals surface area contributed by atoms with Crippen LogP contribution in [-0.2, 0) is 0 Å². The number of benzene rings is 1.